The van der Waals surface area contributed by atoms with Crippen LogP contribution >= 0.6 is 11.3 Å². The lowest BCUT2D eigenvalue weighted by Crippen LogP contribution is -2.22. The third-order valence-corrected chi connectivity index (χ3v) is 4.10. The van der Waals surface area contributed by atoms with E-state index in [1.54, 1.807) is 0 Å². The third-order valence-electron chi connectivity index (χ3n) is 3.11. The molecule has 18 heavy (non-hydrogen) atoms. The molecule has 3 nitrogen and oxygen atoms in total. The fraction of sp³-hybridized carbons (Fsp3) is 0.500. The molecule has 1 atom stereocenters. The van der Waals surface area contributed by atoms with Gasteiger partial charge in [-0.15, -0.1) is 11.3 Å². The summed E-state index contributed by atoms with van der Waals surface area (Å²) in [6.07, 6.45) is 6.28. The van der Waals surface area contributed by atoms with E-state index in [1.165, 1.54) is 17.7 Å². The lowest BCUT2D eigenvalue weighted by atomic mass is 10.1. The van der Waals surface area contributed by atoms with E-state index in [1.807, 2.05) is 23.7 Å². The largest absolute Gasteiger partial charge is 0.334 e. The summed E-state index contributed by atoms with van der Waals surface area (Å²) < 4.78 is 2.18. The summed E-state index contributed by atoms with van der Waals surface area (Å²) in [6.45, 7) is 6.20. The minimum absolute atomic E-state index is 0.456. The number of rotatable bonds is 7. The van der Waals surface area contributed by atoms with Gasteiger partial charge in [0, 0.05) is 29.9 Å². The molecular weight excluding hydrogens is 242 g/mol. The van der Waals surface area contributed by atoms with E-state index < -0.39 is 0 Å². The van der Waals surface area contributed by atoms with Crippen molar-refractivity contribution in [3.8, 4) is 0 Å². The molecule has 0 amide bonds. The van der Waals surface area contributed by atoms with Gasteiger partial charge in [0.25, 0.3) is 0 Å². The first-order chi connectivity index (χ1) is 8.85. The number of nitrogens with zero attached hydrogens (tertiary/aromatic N) is 2. The standard InChI is InChI=1S/C14H21N3S/c1-3-6-12(13-7-5-10-18-13)16-11-14-15-8-9-17(14)4-2/h5,7-10,12,16H,3-4,6,11H2,1-2H3. The smallest absolute Gasteiger partial charge is 0.122 e. The maximum absolute atomic E-state index is 4.40. The Morgan fingerprint density at radius 2 is 2.33 bits per heavy atom. The normalized spacial score (nSPS) is 12.8. The van der Waals surface area contributed by atoms with Crippen LogP contribution in [0, 0.1) is 0 Å². The zero-order valence-corrected chi connectivity index (χ0v) is 11.9. The zero-order valence-electron chi connectivity index (χ0n) is 11.1. The van der Waals surface area contributed by atoms with Crippen LogP contribution in [0.2, 0.25) is 0 Å². The van der Waals surface area contributed by atoms with E-state index >= 15 is 0 Å². The minimum atomic E-state index is 0.456. The van der Waals surface area contributed by atoms with Crippen LogP contribution in [-0.2, 0) is 13.1 Å². The lowest BCUT2D eigenvalue weighted by Gasteiger charge is -2.16. The second-order valence-corrected chi connectivity index (χ2v) is 5.35. The summed E-state index contributed by atoms with van der Waals surface area (Å²) in [6, 6.07) is 4.79. The van der Waals surface area contributed by atoms with Gasteiger partial charge in [-0.25, -0.2) is 4.98 Å². The maximum atomic E-state index is 4.40. The summed E-state index contributed by atoms with van der Waals surface area (Å²) in [5.41, 5.74) is 0. The first-order valence-corrected chi connectivity index (χ1v) is 7.49. The molecular formula is C14H21N3S. The Morgan fingerprint density at radius 1 is 1.44 bits per heavy atom. The van der Waals surface area contributed by atoms with Crippen LogP contribution in [-0.4, -0.2) is 9.55 Å². The maximum Gasteiger partial charge on any atom is 0.122 e. The number of aromatic nitrogens is 2. The molecule has 0 aliphatic rings. The Hall–Kier alpha value is -1.13. The van der Waals surface area contributed by atoms with Crippen molar-refractivity contribution in [1.29, 1.82) is 0 Å². The highest BCUT2D eigenvalue weighted by molar-refractivity contribution is 7.10. The lowest BCUT2D eigenvalue weighted by molar-refractivity contribution is 0.482. The molecule has 2 aromatic rings. The van der Waals surface area contributed by atoms with Gasteiger partial charge in [-0.1, -0.05) is 19.4 Å². The molecule has 1 N–H and O–H groups in total. The molecule has 98 valence electrons. The van der Waals surface area contributed by atoms with Crippen LogP contribution < -0.4 is 5.32 Å². The molecule has 1 unspecified atom stereocenters. The highest BCUT2D eigenvalue weighted by Crippen LogP contribution is 2.23. The molecule has 0 aliphatic carbocycles. The van der Waals surface area contributed by atoms with E-state index in [-0.39, 0.29) is 0 Å². The molecule has 2 heterocycles. The van der Waals surface area contributed by atoms with Crippen LogP contribution in [0.3, 0.4) is 0 Å². The van der Waals surface area contributed by atoms with Crippen molar-refractivity contribution in [2.75, 3.05) is 0 Å². The fourth-order valence-electron chi connectivity index (χ4n) is 2.13. The van der Waals surface area contributed by atoms with Crippen molar-refractivity contribution in [3.05, 3.63) is 40.6 Å². The minimum Gasteiger partial charge on any atom is -0.334 e. The molecule has 0 aliphatic heterocycles. The van der Waals surface area contributed by atoms with Crippen molar-refractivity contribution >= 4 is 11.3 Å². The predicted molar refractivity (Wildman–Crippen MR) is 76.7 cm³/mol. The topological polar surface area (TPSA) is 29.9 Å². The van der Waals surface area contributed by atoms with Crippen LogP contribution in [0.4, 0.5) is 0 Å². The van der Waals surface area contributed by atoms with Gasteiger partial charge in [-0.2, -0.15) is 0 Å². The second-order valence-electron chi connectivity index (χ2n) is 4.37. The van der Waals surface area contributed by atoms with Gasteiger partial charge in [-0.05, 0) is 24.8 Å². The summed E-state index contributed by atoms with van der Waals surface area (Å²) in [7, 11) is 0. The summed E-state index contributed by atoms with van der Waals surface area (Å²) in [4.78, 5) is 5.83. The molecule has 0 aromatic carbocycles. The molecule has 4 heteroatoms. The average Bonchev–Trinajstić information content (AvgIpc) is 3.05. The first kappa shape index (κ1) is 13.3. The molecule has 0 fully saturated rings. The fourth-order valence-corrected chi connectivity index (χ4v) is 2.97. The van der Waals surface area contributed by atoms with Gasteiger partial charge >= 0.3 is 0 Å². The van der Waals surface area contributed by atoms with Crippen molar-refractivity contribution < 1.29 is 0 Å². The quantitative estimate of drug-likeness (QED) is 0.827. The summed E-state index contributed by atoms with van der Waals surface area (Å²) in [5, 5.41) is 5.77. The summed E-state index contributed by atoms with van der Waals surface area (Å²) in [5.74, 6) is 1.12. The molecule has 0 radical (unpaired) electrons. The monoisotopic (exact) mass is 263 g/mol. The third kappa shape index (κ3) is 3.21. The molecule has 2 rings (SSSR count). The van der Waals surface area contributed by atoms with Crippen LogP contribution in [0.5, 0.6) is 0 Å². The van der Waals surface area contributed by atoms with Gasteiger partial charge in [0.15, 0.2) is 0 Å². The number of nitrogens with one attached hydrogen (secondary N) is 1. The molecule has 0 spiro atoms. The molecule has 0 saturated heterocycles. The molecule has 0 bridgehead atoms. The predicted octanol–water partition coefficient (Wildman–Crippen LogP) is 3.60. The van der Waals surface area contributed by atoms with Crippen molar-refractivity contribution in [1.82, 2.24) is 14.9 Å². The van der Waals surface area contributed by atoms with Crippen LogP contribution in [0.25, 0.3) is 0 Å². The Labute approximate surface area is 113 Å². The van der Waals surface area contributed by atoms with Crippen molar-refractivity contribution in [2.24, 2.45) is 0 Å². The number of aryl methyl sites for hydroxylation is 1. The van der Waals surface area contributed by atoms with Gasteiger partial charge in [-0.3, -0.25) is 0 Å². The number of hydrogen-bond acceptors (Lipinski definition) is 3. The first-order valence-electron chi connectivity index (χ1n) is 6.62. The molecule has 0 saturated carbocycles. The van der Waals surface area contributed by atoms with E-state index in [4.69, 9.17) is 0 Å². The van der Waals surface area contributed by atoms with E-state index in [0.29, 0.717) is 6.04 Å². The summed E-state index contributed by atoms with van der Waals surface area (Å²) >= 11 is 1.83. The van der Waals surface area contributed by atoms with Crippen molar-refractivity contribution in [3.63, 3.8) is 0 Å². The van der Waals surface area contributed by atoms with Gasteiger partial charge in [0.05, 0.1) is 6.54 Å². The van der Waals surface area contributed by atoms with E-state index in [0.717, 1.165) is 18.9 Å². The number of imidazole rings is 1. The highest BCUT2D eigenvalue weighted by Gasteiger charge is 2.12. The Kier molecular flexibility index (Phi) is 4.96. The van der Waals surface area contributed by atoms with Crippen molar-refractivity contribution in [2.45, 2.75) is 45.8 Å². The van der Waals surface area contributed by atoms with E-state index in [2.05, 4.69) is 46.2 Å². The van der Waals surface area contributed by atoms with Crippen LogP contribution in [0.15, 0.2) is 29.9 Å². The van der Waals surface area contributed by atoms with Gasteiger partial charge < -0.3 is 9.88 Å². The highest BCUT2D eigenvalue weighted by atomic mass is 32.1. The van der Waals surface area contributed by atoms with Crippen LogP contribution in [0.1, 0.15) is 43.4 Å². The zero-order chi connectivity index (χ0) is 12.8. The second kappa shape index (κ2) is 6.71. The number of hydrogen-bond donors (Lipinski definition) is 1. The Balaban J connectivity index is 1.98. The molecule has 2 aromatic heterocycles. The SMILES string of the molecule is CCCC(NCc1nccn1CC)c1cccs1. The van der Waals surface area contributed by atoms with Gasteiger partial charge in [0.1, 0.15) is 5.82 Å². The van der Waals surface area contributed by atoms with Gasteiger partial charge in [0.2, 0.25) is 0 Å². The Bertz CT molecular complexity index is 447. The Morgan fingerprint density at radius 3 is 3.00 bits per heavy atom. The van der Waals surface area contributed by atoms with E-state index in [9.17, 15) is 0 Å². The average molecular weight is 263 g/mol. The number of thiophene rings is 1.